The van der Waals surface area contributed by atoms with E-state index in [4.69, 9.17) is 11.6 Å². The molecule has 1 aromatic carbocycles. The van der Waals surface area contributed by atoms with Crippen LogP contribution in [0.1, 0.15) is 16.8 Å². The van der Waals surface area contributed by atoms with Crippen molar-refractivity contribution in [3.8, 4) is 0 Å². The molecule has 0 aromatic heterocycles. The second-order valence-corrected chi connectivity index (χ2v) is 8.85. The first-order chi connectivity index (χ1) is 13.5. The maximum atomic E-state index is 14.3. The predicted octanol–water partition coefficient (Wildman–Crippen LogP) is 2.39. The number of amides is 1. The van der Waals surface area contributed by atoms with Crippen molar-refractivity contribution in [2.45, 2.75) is 29.8 Å². The Morgan fingerprint density at radius 1 is 1.21 bits per heavy atom. The normalized spacial score (nSPS) is 25.5. The number of carbonyl (C=O) groups is 1. The van der Waals surface area contributed by atoms with Gasteiger partial charge in [-0.15, -0.1) is 0 Å². The molecule has 2 aliphatic rings. The number of β-amino-alcohol motifs (C(OH)–C–C–N with tert-alkyl or cyclic N) is 1. The van der Waals surface area contributed by atoms with Crippen molar-refractivity contribution >= 4 is 27.5 Å². The van der Waals surface area contributed by atoms with Crippen LogP contribution in [0.25, 0.3) is 0 Å². The Labute approximate surface area is 168 Å². The third kappa shape index (κ3) is 4.32. The van der Waals surface area contributed by atoms with Crippen molar-refractivity contribution in [3.63, 3.8) is 0 Å². The SMILES string of the molecule is O=C(NC1=CC=C(F)C(F)C1)c1cc(S(=O)(=O)N2CC(O)C(F)C2)c(F)cc1Cl. The smallest absolute Gasteiger partial charge is 0.256 e. The lowest BCUT2D eigenvalue weighted by Gasteiger charge is -2.18. The number of alkyl halides is 2. The Hall–Kier alpha value is -1.95. The molecule has 29 heavy (non-hydrogen) atoms. The molecule has 158 valence electrons. The number of benzene rings is 1. The van der Waals surface area contributed by atoms with Gasteiger partial charge in [0.2, 0.25) is 10.0 Å². The third-order valence-corrected chi connectivity index (χ3v) is 6.65. The van der Waals surface area contributed by atoms with E-state index in [1.54, 1.807) is 0 Å². The lowest BCUT2D eigenvalue weighted by atomic mass is 10.1. The molecule has 1 fully saturated rings. The molecule has 1 heterocycles. The fraction of sp³-hybridized carbons (Fsp3) is 0.353. The largest absolute Gasteiger partial charge is 0.389 e. The van der Waals surface area contributed by atoms with Gasteiger partial charge in [0.15, 0.2) is 6.17 Å². The molecule has 3 unspecified atom stereocenters. The molecule has 1 saturated heterocycles. The van der Waals surface area contributed by atoms with E-state index < -0.39 is 81.0 Å². The molecule has 1 aliphatic heterocycles. The summed E-state index contributed by atoms with van der Waals surface area (Å²) >= 11 is 5.85. The highest BCUT2D eigenvalue weighted by atomic mass is 35.5. The Balaban J connectivity index is 1.91. The van der Waals surface area contributed by atoms with Crippen molar-refractivity contribution in [2.24, 2.45) is 0 Å². The summed E-state index contributed by atoms with van der Waals surface area (Å²) in [4.78, 5) is 11.5. The lowest BCUT2D eigenvalue weighted by Crippen LogP contribution is -2.31. The Kier molecular flexibility index (Phi) is 6.04. The maximum absolute atomic E-state index is 14.3. The van der Waals surface area contributed by atoms with E-state index in [2.05, 4.69) is 5.32 Å². The zero-order valence-corrected chi connectivity index (χ0v) is 16.2. The number of nitrogens with one attached hydrogen (secondary N) is 1. The van der Waals surface area contributed by atoms with E-state index >= 15 is 0 Å². The van der Waals surface area contributed by atoms with Gasteiger partial charge in [0.25, 0.3) is 5.91 Å². The summed E-state index contributed by atoms with van der Waals surface area (Å²) < 4.78 is 80.1. The first-order valence-electron chi connectivity index (χ1n) is 8.33. The first-order valence-corrected chi connectivity index (χ1v) is 10.2. The van der Waals surface area contributed by atoms with Crippen molar-refractivity contribution in [2.75, 3.05) is 13.1 Å². The number of rotatable bonds is 4. The highest BCUT2D eigenvalue weighted by Gasteiger charge is 2.40. The topological polar surface area (TPSA) is 86.7 Å². The van der Waals surface area contributed by atoms with Crippen LogP contribution in [0.2, 0.25) is 5.02 Å². The number of hydrogen-bond acceptors (Lipinski definition) is 4. The molecule has 0 spiro atoms. The van der Waals surface area contributed by atoms with Gasteiger partial charge in [0.05, 0.1) is 10.6 Å². The number of halogens is 5. The van der Waals surface area contributed by atoms with Gasteiger partial charge in [0.1, 0.15) is 28.8 Å². The molecule has 0 bridgehead atoms. The molecule has 0 radical (unpaired) electrons. The maximum Gasteiger partial charge on any atom is 0.256 e. The Bertz CT molecular complexity index is 1000. The van der Waals surface area contributed by atoms with Gasteiger partial charge >= 0.3 is 0 Å². The molecule has 1 aromatic rings. The van der Waals surface area contributed by atoms with E-state index in [1.165, 1.54) is 0 Å². The molecule has 3 rings (SSSR count). The van der Waals surface area contributed by atoms with E-state index in [-0.39, 0.29) is 5.70 Å². The van der Waals surface area contributed by atoms with E-state index in [9.17, 15) is 35.9 Å². The van der Waals surface area contributed by atoms with Crippen LogP contribution in [-0.2, 0) is 10.0 Å². The summed E-state index contributed by atoms with van der Waals surface area (Å²) in [5.74, 6) is -3.24. The van der Waals surface area contributed by atoms with Crippen molar-refractivity contribution in [1.29, 1.82) is 0 Å². The highest BCUT2D eigenvalue weighted by molar-refractivity contribution is 7.89. The fourth-order valence-electron chi connectivity index (χ4n) is 2.90. The van der Waals surface area contributed by atoms with Gasteiger partial charge in [-0.25, -0.2) is 26.0 Å². The average Bonchev–Trinajstić information content (AvgIpc) is 2.97. The molecule has 12 heteroatoms. The lowest BCUT2D eigenvalue weighted by molar-refractivity contribution is 0.0962. The van der Waals surface area contributed by atoms with Gasteiger partial charge in [-0.05, 0) is 24.3 Å². The molecule has 1 amide bonds. The van der Waals surface area contributed by atoms with Crippen LogP contribution < -0.4 is 5.32 Å². The summed E-state index contributed by atoms with van der Waals surface area (Å²) in [6, 6.07) is 1.28. The monoisotopic (exact) mass is 454 g/mol. The summed E-state index contributed by atoms with van der Waals surface area (Å²) in [6.45, 7) is -1.24. The molecule has 6 nitrogen and oxygen atoms in total. The van der Waals surface area contributed by atoms with Crippen LogP contribution in [0.4, 0.5) is 17.6 Å². The Morgan fingerprint density at radius 2 is 1.90 bits per heavy atom. The number of carbonyl (C=O) groups excluding carboxylic acids is 1. The van der Waals surface area contributed by atoms with Gasteiger partial charge < -0.3 is 10.4 Å². The third-order valence-electron chi connectivity index (χ3n) is 4.49. The minimum absolute atomic E-state index is 0.0108. The van der Waals surface area contributed by atoms with Gasteiger partial charge in [-0.2, -0.15) is 4.31 Å². The quantitative estimate of drug-likeness (QED) is 0.684. The minimum Gasteiger partial charge on any atom is -0.389 e. The number of sulfonamides is 1. The molecule has 0 saturated carbocycles. The first kappa shape index (κ1) is 21.8. The second kappa shape index (κ2) is 8.05. The second-order valence-electron chi connectivity index (χ2n) is 6.54. The van der Waals surface area contributed by atoms with Gasteiger partial charge in [0, 0.05) is 25.2 Å². The van der Waals surface area contributed by atoms with Crippen LogP contribution in [-0.4, -0.2) is 55.3 Å². The zero-order valence-electron chi connectivity index (χ0n) is 14.6. The minimum atomic E-state index is -4.57. The summed E-state index contributed by atoms with van der Waals surface area (Å²) in [6.07, 6.45) is -3.82. The number of aliphatic hydroxyl groups is 1. The van der Waals surface area contributed by atoms with Gasteiger partial charge in [-0.1, -0.05) is 11.6 Å². The van der Waals surface area contributed by atoms with Crippen LogP contribution >= 0.6 is 11.6 Å². The fourth-order valence-corrected chi connectivity index (χ4v) is 4.67. The van der Waals surface area contributed by atoms with E-state index in [0.29, 0.717) is 16.4 Å². The van der Waals surface area contributed by atoms with Crippen molar-refractivity contribution in [1.82, 2.24) is 9.62 Å². The number of allylic oxidation sites excluding steroid dienone is 4. The molecular weight excluding hydrogens is 440 g/mol. The summed E-state index contributed by atoms with van der Waals surface area (Å²) in [7, 11) is -4.57. The number of nitrogens with zero attached hydrogens (tertiary/aromatic N) is 1. The van der Waals surface area contributed by atoms with E-state index in [0.717, 1.165) is 12.2 Å². The van der Waals surface area contributed by atoms with Crippen LogP contribution in [0, 0.1) is 5.82 Å². The van der Waals surface area contributed by atoms with Gasteiger partial charge in [-0.3, -0.25) is 4.79 Å². The molecule has 1 aliphatic carbocycles. The highest BCUT2D eigenvalue weighted by Crippen LogP contribution is 2.29. The number of hydrogen-bond donors (Lipinski definition) is 2. The predicted molar refractivity (Wildman–Crippen MR) is 95.3 cm³/mol. The van der Waals surface area contributed by atoms with Crippen LogP contribution in [0.5, 0.6) is 0 Å². The summed E-state index contributed by atoms with van der Waals surface area (Å²) in [5.41, 5.74) is -0.425. The van der Waals surface area contributed by atoms with E-state index in [1.807, 2.05) is 0 Å². The number of aliphatic hydroxyl groups excluding tert-OH is 1. The van der Waals surface area contributed by atoms with Crippen LogP contribution in [0.15, 0.2) is 40.7 Å². The average molecular weight is 455 g/mol. The molecule has 2 N–H and O–H groups in total. The molecular formula is C17H15ClF4N2O4S. The summed E-state index contributed by atoms with van der Waals surface area (Å²) in [5, 5.41) is 11.3. The van der Waals surface area contributed by atoms with Crippen molar-refractivity contribution in [3.05, 3.63) is 52.2 Å². The zero-order chi connectivity index (χ0) is 21.5. The van der Waals surface area contributed by atoms with Crippen LogP contribution in [0.3, 0.4) is 0 Å². The Morgan fingerprint density at radius 3 is 2.48 bits per heavy atom. The standard InChI is InChI=1S/C17H15ClF4N2O4S/c18-10-5-13(21)16(29(27,28)24-6-14(22)15(25)7-24)4-9(10)17(26)23-8-1-2-11(19)12(20)3-8/h1-2,4-5,12,14-15,25H,3,6-7H2,(H,23,26). The molecule has 3 atom stereocenters. The van der Waals surface area contributed by atoms with Crippen molar-refractivity contribution < 1.29 is 35.9 Å².